The first-order valence-electron chi connectivity index (χ1n) is 5.02. The molecule has 2 heterocycles. The molecule has 1 atom stereocenters. The maximum absolute atomic E-state index is 11.5. The predicted octanol–water partition coefficient (Wildman–Crippen LogP) is 1.01. The maximum atomic E-state index is 11.5. The zero-order valence-electron chi connectivity index (χ0n) is 9.52. The third-order valence-corrected chi connectivity index (χ3v) is 2.78. The van der Waals surface area contributed by atoms with Gasteiger partial charge in [0.05, 0.1) is 25.4 Å². The van der Waals surface area contributed by atoms with Crippen LogP contribution in [-0.2, 0) is 11.3 Å². The Morgan fingerprint density at radius 2 is 2.25 bits per heavy atom. The number of aromatic nitrogens is 2. The number of amides is 1. The van der Waals surface area contributed by atoms with Crippen LogP contribution in [0.2, 0.25) is 0 Å². The van der Waals surface area contributed by atoms with Crippen molar-refractivity contribution in [2.45, 2.75) is 26.4 Å². The number of rotatable bonds is 0. The Balaban J connectivity index is 2.42. The smallest absolute Gasteiger partial charge is 0.410 e. The van der Waals surface area contributed by atoms with Crippen LogP contribution in [-0.4, -0.2) is 28.1 Å². The summed E-state index contributed by atoms with van der Waals surface area (Å²) in [5, 5.41) is 0. The van der Waals surface area contributed by atoms with Gasteiger partial charge in [0.25, 0.3) is 0 Å². The monoisotopic (exact) mass is 222 g/mol. The number of nitrogen functional groups attached to an aromatic ring is 1. The first kappa shape index (κ1) is 10.7. The highest BCUT2D eigenvalue weighted by atomic mass is 16.5. The zero-order chi connectivity index (χ0) is 11.9. The molecule has 0 aliphatic carbocycles. The largest absolute Gasteiger partial charge is 0.453 e. The molecule has 0 aromatic carbocycles. The Labute approximate surface area is 93.4 Å². The van der Waals surface area contributed by atoms with Gasteiger partial charge in [0, 0.05) is 5.56 Å². The number of hydrogen-bond acceptors (Lipinski definition) is 5. The van der Waals surface area contributed by atoms with E-state index in [9.17, 15) is 4.79 Å². The molecule has 1 unspecified atom stereocenters. The van der Waals surface area contributed by atoms with Crippen molar-refractivity contribution in [1.29, 1.82) is 0 Å². The standard InChI is InChI=1S/C10H14N4O2/c1-5-8-7(4-14(5)10(15)16-3)12-6(2)13-9(8)11/h5H,4H2,1-3H3,(H2,11,12,13). The van der Waals surface area contributed by atoms with Gasteiger partial charge in [-0.1, -0.05) is 0 Å². The molecule has 1 aromatic rings. The lowest BCUT2D eigenvalue weighted by Gasteiger charge is -2.19. The van der Waals surface area contributed by atoms with Crippen molar-refractivity contribution in [1.82, 2.24) is 14.9 Å². The predicted molar refractivity (Wildman–Crippen MR) is 57.5 cm³/mol. The van der Waals surface area contributed by atoms with E-state index in [-0.39, 0.29) is 12.1 Å². The summed E-state index contributed by atoms with van der Waals surface area (Å²) < 4.78 is 4.70. The molecular formula is C10H14N4O2. The number of ether oxygens (including phenoxy) is 1. The molecule has 86 valence electrons. The molecule has 0 saturated heterocycles. The molecule has 2 N–H and O–H groups in total. The van der Waals surface area contributed by atoms with Crippen molar-refractivity contribution in [3.8, 4) is 0 Å². The van der Waals surface area contributed by atoms with E-state index in [0.29, 0.717) is 18.2 Å². The number of fused-ring (bicyclic) bond motifs is 1. The summed E-state index contributed by atoms with van der Waals surface area (Å²) in [6.45, 7) is 4.09. The van der Waals surface area contributed by atoms with Crippen LogP contribution in [0.5, 0.6) is 0 Å². The lowest BCUT2D eigenvalue weighted by molar-refractivity contribution is 0.111. The van der Waals surface area contributed by atoms with Gasteiger partial charge < -0.3 is 10.5 Å². The molecule has 6 nitrogen and oxygen atoms in total. The topological polar surface area (TPSA) is 81.3 Å². The maximum Gasteiger partial charge on any atom is 0.410 e. The fourth-order valence-electron chi connectivity index (χ4n) is 2.03. The highest BCUT2D eigenvalue weighted by Gasteiger charge is 2.34. The summed E-state index contributed by atoms with van der Waals surface area (Å²) >= 11 is 0. The molecule has 0 fully saturated rings. The highest BCUT2D eigenvalue weighted by Crippen LogP contribution is 2.35. The van der Waals surface area contributed by atoms with E-state index in [2.05, 4.69) is 9.97 Å². The van der Waals surface area contributed by atoms with Crippen LogP contribution in [0, 0.1) is 6.92 Å². The van der Waals surface area contributed by atoms with E-state index < -0.39 is 0 Å². The number of carbonyl (C=O) groups excluding carboxylic acids is 1. The molecule has 0 bridgehead atoms. The quantitative estimate of drug-likeness (QED) is 0.708. The van der Waals surface area contributed by atoms with Crippen molar-refractivity contribution < 1.29 is 9.53 Å². The fraction of sp³-hybridized carbons (Fsp3) is 0.500. The van der Waals surface area contributed by atoms with E-state index in [0.717, 1.165) is 11.3 Å². The van der Waals surface area contributed by atoms with Crippen molar-refractivity contribution in [3.05, 3.63) is 17.1 Å². The Hall–Kier alpha value is -1.85. The van der Waals surface area contributed by atoms with Crippen LogP contribution < -0.4 is 5.73 Å². The van der Waals surface area contributed by atoms with Gasteiger partial charge in [-0.3, -0.25) is 4.90 Å². The van der Waals surface area contributed by atoms with E-state index >= 15 is 0 Å². The minimum absolute atomic E-state index is 0.136. The molecular weight excluding hydrogens is 208 g/mol. The molecule has 1 aliphatic heterocycles. The van der Waals surface area contributed by atoms with Crippen LogP contribution in [0.25, 0.3) is 0 Å². The van der Waals surface area contributed by atoms with Gasteiger partial charge in [-0.15, -0.1) is 0 Å². The average molecular weight is 222 g/mol. The van der Waals surface area contributed by atoms with Crippen molar-refractivity contribution in [2.24, 2.45) is 0 Å². The second-order valence-electron chi connectivity index (χ2n) is 3.79. The Kier molecular flexibility index (Phi) is 2.41. The molecule has 1 aromatic heterocycles. The minimum Gasteiger partial charge on any atom is -0.453 e. The number of nitrogens with zero attached hydrogens (tertiary/aromatic N) is 3. The van der Waals surface area contributed by atoms with Crippen LogP contribution in [0.1, 0.15) is 30.0 Å². The third kappa shape index (κ3) is 1.46. The van der Waals surface area contributed by atoms with Crippen molar-refractivity contribution >= 4 is 11.9 Å². The lowest BCUT2D eigenvalue weighted by Crippen LogP contribution is -2.28. The van der Waals surface area contributed by atoms with Crippen LogP contribution in [0.3, 0.4) is 0 Å². The second kappa shape index (κ2) is 3.62. The minimum atomic E-state index is -0.373. The van der Waals surface area contributed by atoms with Crippen molar-refractivity contribution in [3.63, 3.8) is 0 Å². The van der Waals surface area contributed by atoms with Crippen LogP contribution in [0.15, 0.2) is 0 Å². The SMILES string of the molecule is COC(=O)N1Cc2nc(C)nc(N)c2C1C. The molecule has 16 heavy (non-hydrogen) atoms. The Morgan fingerprint density at radius 3 is 2.88 bits per heavy atom. The molecule has 0 saturated carbocycles. The second-order valence-corrected chi connectivity index (χ2v) is 3.79. The summed E-state index contributed by atoms with van der Waals surface area (Å²) in [6, 6.07) is -0.136. The number of hydrogen-bond donors (Lipinski definition) is 1. The Bertz CT molecular complexity index is 447. The van der Waals surface area contributed by atoms with Crippen LogP contribution >= 0.6 is 0 Å². The van der Waals surface area contributed by atoms with E-state index in [1.54, 1.807) is 11.8 Å². The highest BCUT2D eigenvalue weighted by molar-refractivity contribution is 5.70. The summed E-state index contributed by atoms with van der Waals surface area (Å²) in [7, 11) is 1.36. The Morgan fingerprint density at radius 1 is 1.56 bits per heavy atom. The van der Waals surface area contributed by atoms with Gasteiger partial charge in [0.15, 0.2) is 0 Å². The van der Waals surface area contributed by atoms with E-state index in [1.165, 1.54) is 7.11 Å². The first-order valence-corrected chi connectivity index (χ1v) is 5.02. The molecule has 6 heteroatoms. The first-order chi connectivity index (χ1) is 7.54. The van der Waals surface area contributed by atoms with Gasteiger partial charge >= 0.3 is 6.09 Å². The molecule has 0 spiro atoms. The van der Waals surface area contributed by atoms with E-state index in [4.69, 9.17) is 10.5 Å². The van der Waals surface area contributed by atoms with Gasteiger partial charge in [-0.2, -0.15) is 0 Å². The van der Waals surface area contributed by atoms with Crippen molar-refractivity contribution in [2.75, 3.05) is 12.8 Å². The van der Waals surface area contributed by atoms with Gasteiger partial charge in [0.1, 0.15) is 11.6 Å². The summed E-state index contributed by atoms with van der Waals surface area (Å²) in [5.74, 6) is 1.07. The van der Waals surface area contributed by atoms with Gasteiger partial charge in [0.2, 0.25) is 0 Å². The van der Waals surface area contributed by atoms with Gasteiger partial charge in [-0.25, -0.2) is 14.8 Å². The third-order valence-electron chi connectivity index (χ3n) is 2.78. The molecule has 0 radical (unpaired) electrons. The summed E-state index contributed by atoms with van der Waals surface area (Å²) in [5.41, 5.74) is 7.47. The summed E-state index contributed by atoms with van der Waals surface area (Å²) in [4.78, 5) is 21.5. The molecule has 1 amide bonds. The zero-order valence-corrected chi connectivity index (χ0v) is 9.52. The normalized spacial score (nSPS) is 18.4. The number of carbonyl (C=O) groups is 1. The number of anilines is 1. The number of aryl methyl sites for hydroxylation is 1. The molecule has 1 aliphatic rings. The number of nitrogens with two attached hydrogens (primary N) is 1. The fourth-order valence-corrected chi connectivity index (χ4v) is 2.03. The van der Waals surface area contributed by atoms with Crippen LogP contribution in [0.4, 0.5) is 10.6 Å². The lowest BCUT2D eigenvalue weighted by atomic mass is 10.1. The van der Waals surface area contributed by atoms with Gasteiger partial charge in [-0.05, 0) is 13.8 Å². The van der Waals surface area contributed by atoms with E-state index in [1.807, 2.05) is 6.92 Å². The number of methoxy groups -OCH3 is 1. The molecule has 2 rings (SSSR count). The average Bonchev–Trinajstić information content (AvgIpc) is 2.54. The summed E-state index contributed by atoms with van der Waals surface area (Å²) in [6.07, 6.45) is -0.373.